The van der Waals surface area contributed by atoms with Gasteiger partial charge in [-0.15, -0.1) is 11.8 Å². The van der Waals surface area contributed by atoms with Crippen molar-refractivity contribution in [3.63, 3.8) is 0 Å². The summed E-state index contributed by atoms with van der Waals surface area (Å²) < 4.78 is 10.7. The summed E-state index contributed by atoms with van der Waals surface area (Å²) in [6.07, 6.45) is 3.22. The molecule has 134 valence electrons. The van der Waals surface area contributed by atoms with Gasteiger partial charge in [0.1, 0.15) is 11.5 Å². The van der Waals surface area contributed by atoms with Crippen LogP contribution in [0.25, 0.3) is 0 Å². The molecule has 0 atom stereocenters. The van der Waals surface area contributed by atoms with E-state index in [-0.39, 0.29) is 35.4 Å². The van der Waals surface area contributed by atoms with E-state index in [0.29, 0.717) is 4.90 Å². The van der Waals surface area contributed by atoms with Crippen molar-refractivity contribution in [2.75, 3.05) is 6.61 Å². The van der Waals surface area contributed by atoms with Crippen molar-refractivity contribution in [2.45, 2.75) is 63.1 Å². The van der Waals surface area contributed by atoms with Crippen LogP contribution < -0.4 is 15.8 Å². The zero-order chi connectivity index (χ0) is 17.9. The average Bonchev–Trinajstić information content (AvgIpc) is 2.82. The lowest BCUT2D eigenvalue weighted by Crippen LogP contribution is -2.47. The third-order valence-electron chi connectivity index (χ3n) is 3.82. The zero-order valence-electron chi connectivity index (χ0n) is 14.5. The highest BCUT2D eigenvalue weighted by Gasteiger charge is 2.33. The highest BCUT2D eigenvalue weighted by molar-refractivity contribution is 8.00. The first kappa shape index (κ1) is 18.6. The summed E-state index contributed by atoms with van der Waals surface area (Å²) in [4.78, 5) is 24.3. The summed E-state index contributed by atoms with van der Waals surface area (Å²) in [5.41, 5.74) is 4.58. The molecule has 1 aromatic heterocycles. The summed E-state index contributed by atoms with van der Waals surface area (Å²) in [5, 5.41) is 7.01. The van der Waals surface area contributed by atoms with Crippen molar-refractivity contribution in [3.05, 3.63) is 5.76 Å². The number of primary amides is 1. The molecule has 0 bridgehead atoms. The monoisotopic (exact) mass is 355 g/mol. The van der Waals surface area contributed by atoms with Gasteiger partial charge in [0.05, 0.1) is 5.41 Å². The molecule has 0 radical (unpaired) electrons. The van der Waals surface area contributed by atoms with Crippen molar-refractivity contribution < 1.29 is 18.8 Å². The normalized spacial score (nSPS) is 15.2. The highest BCUT2D eigenvalue weighted by atomic mass is 32.2. The molecule has 1 fully saturated rings. The molecule has 7 nitrogen and oxygen atoms in total. The van der Waals surface area contributed by atoms with E-state index < -0.39 is 11.3 Å². The lowest BCUT2D eigenvalue weighted by molar-refractivity contribution is -0.132. The number of carbonyl (C=O) groups is 2. The molecule has 0 saturated heterocycles. The first-order valence-corrected chi connectivity index (χ1v) is 8.98. The summed E-state index contributed by atoms with van der Waals surface area (Å²) in [6.45, 7) is 7.70. The molecular formula is C16H25N3O4S. The molecule has 8 heteroatoms. The SMILES string of the molecule is CC(C)Sc1c(OCC(C)(C)C(=O)NC2CCC2)noc1C(N)=O. The van der Waals surface area contributed by atoms with Gasteiger partial charge in [-0.1, -0.05) is 13.8 Å². The smallest absolute Gasteiger partial charge is 0.288 e. The van der Waals surface area contributed by atoms with Crippen LogP contribution in [-0.4, -0.2) is 34.9 Å². The standard InChI is InChI=1S/C16H25N3O4S/c1-9(2)24-12-11(13(17)20)23-19-14(12)22-8-16(3,4)15(21)18-10-6-5-7-10/h9-10H,5-8H2,1-4H3,(H2,17,20)(H,18,21). The molecule has 1 saturated carbocycles. The molecule has 3 N–H and O–H groups in total. The minimum Gasteiger partial charge on any atom is -0.474 e. The first-order valence-electron chi connectivity index (χ1n) is 8.10. The Labute approximate surface area is 146 Å². The lowest BCUT2D eigenvalue weighted by Gasteiger charge is -2.31. The van der Waals surface area contributed by atoms with Crippen LogP contribution in [0.1, 0.15) is 57.5 Å². The molecule has 1 aromatic rings. The highest BCUT2D eigenvalue weighted by Crippen LogP contribution is 2.35. The largest absolute Gasteiger partial charge is 0.474 e. The second kappa shape index (κ2) is 7.46. The second-order valence-corrected chi connectivity index (χ2v) is 8.54. The van der Waals surface area contributed by atoms with Crippen LogP contribution >= 0.6 is 11.8 Å². The van der Waals surface area contributed by atoms with E-state index in [1.54, 1.807) is 0 Å². The van der Waals surface area contributed by atoms with Gasteiger partial charge in [0.25, 0.3) is 11.8 Å². The second-order valence-electron chi connectivity index (χ2n) is 6.95. The predicted octanol–water partition coefficient (Wildman–Crippen LogP) is 2.35. The Morgan fingerprint density at radius 3 is 2.62 bits per heavy atom. The van der Waals surface area contributed by atoms with Gasteiger partial charge < -0.3 is 20.3 Å². The summed E-state index contributed by atoms with van der Waals surface area (Å²) >= 11 is 1.39. The van der Waals surface area contributed by atoms with Gasteiger partial charge in [-0.3, -0.25) is 9.59 Å². The summed E-state index contributed by atoms with van der Waals surface area (Å²) in [6, 6.07) is 0.275. The maximum atomic E-state index is 12.4. The van der Waals surface area contributed by atoms with Crippen molar-refractivity contribution >= 4 is 23.6 Å². The number of rotatable bonds is 8. The fourth-order valence-corrected chi connectivity index (χ4v) is 3.02. The molecular weight excluding hydrogens is 330 g/mol. The van der Waals surface area contributed by atoms with E-state index in [4.69, 9.17) is 15.0 Å². The van der Waals surface area contributed by atoms with Crippen LogP contribution in [0.5, 0.6) is 5.88 Å². The zero-order valence-corrected chi connectivity index (χ0v) is 15.4. The molecule has 2 rings (SSSR count). The molecule has 2 amide bonds. The topological polar surface area (TPSA) is 107 Å². The molecule has 1 heterocycles. The van der Waals surface area contributed by atoms with Crippen molar-refractivity contribution in [3.8, 4) is 5.88 Å². The van der Waals surface area contributed by atoms with Crippen molar-refractivity contribution in [1.82, 2.24) is 10.5 Å². The number of hydrogen-bond acceptors (Lipinski definition) is 6. The van der Waals surface area contributed by atoms with E-state index in [1.807, 2.05) is 27.7 Å². The van der Waals surface area contributed by atoms with Gasteiger partial charge in [0, 0.05) is 11.3 Å². The molecule has 1 aliphatic rings. The Morgan fingerprint density at radius 1 is 1.46 bits per heavy atom. The lowest BCUT2D eigenvalue weighted by atomic mass is 9.89. The number of thioether (sulfide) groups is 1. The molecule has 0 spiro atoms. The van der Waals surface area contributed by atoms with Crippen LogP contribution in [0.15, 0.2) is 9.42 Å². The third-order valence-corrected chi connectivity index (χ3v) is 4.89. The maximum absolute atomic E-state index is 12.4. The Bertz CT molecular complexity index is 608. The number of nitrogens with zero attached hydrogens (tertiary/aromatic N) is 1. The third kappa shape index (κ3) is 4.43. The Balaban J connectivity index is 2.04. The Kier molecular flexibility index (Phi) is 5.79. The van der Waals surface area contributed by atoms with Crippen LogP contribution in [0.2, 0.25) is 0 Å². The number of carbonyl (C=O) groups excluding carboxylic acids is 2. The van der Waals surface area contributed by atoms with Crippen LogP contribution in [0.4, 0.5) is 0 Å². The number of nitrogens with one attached hydrogen (secondary N) is 1. The minimum absolute atomic E-state index is 0.0135. The van der Waals surface area contributed by atoms with Gasteiger partial charge in [-0.2, -0.15) is 0 Å². The van der Waals surface area contributed by atoms with Gasteiger partial charge >= 0.3 is 0 Å². The van der Waals surface area contributed by atoms with Crippen molar-refractivity contribution in [2.24, 2.45) is 11.1 Å². The fourth-order valence-electron chi connectivity index (χ4n) is 2.10. The van der Waals surface area contributed by atoms with E-state index in [0.717, 1.165) is 19.3 Å². The van der Waals surface area contributed by atoms with Gasteiger partial charge in [0.2, 0.25) is 11.7 Å². The van der Waals surface area contributed by atoms with Crippen LogP contribution in [-0.2, 0) is 4.79 Å². The van der Waals surface area contributed by atoms with Crippen LogP contribution in [0.3, 0.4) is 0 Å². The van der Waals surface area contributed by atoms with Gasteiger partial charge in [-0.25, -0.2) is 0 Å². The molecule has 0 unspecified atom stereocenters. The fraction of sp³-hybridized carbons (Fsp3) is 0.688. The quantitative estimate of drug-likeness (QED) is 0.693. The average molecular weight is 355 g/mol. The summed E-state index contributed by atoms with van der Waals surface area (Å²) in [7, 11) is 0. The van der Waals surface area contributed by atoms with Gasteiger partial charge in [-0.05, 0) is 38.3 Å². The minimum atomic E-state index is -0.721. The Morgan fingerprint density at radius 2 is 2.12 bits per heavy atom. The van der Waals surface area contributed by atoms with Gasteiger partial charge in [0.15, 0.2) is 0 Å². The molecule has 0 aromatic carbocycles. The molecule has 0 aliphatic heterocycles. The summed E-state index contributed by atoms with van der Waals surface area (Å²) in [5.74, 6) is -0.557. The number of ether oxygens (including phenoxy) is 1. The number of aromatic nitrogens is 1. The Hall–Kier alpha value is -1.70. The van der Waals surface area contributed by atoms with E-state index in [2.05, 4.69) is 10.5 Å². The predicted molar refractivity (Wildman–Crippen MR) is 91.1 cm³/mol. The molecule has 24 heavy (non-hydrogen) atoms. The first-order chi connectivity index (χ1) is 11.2. The van der Waals surface area contributed by atoms with E-state index in [9.17, 15) is 9.59 Å². The van der Waals surface area contributed by atoms with Crippen molar-refractivity contribution in [1.29, 1.82) is 0 Å². The number of amides is 2. The number of nitrogens with two attached hydrogens (primary N) is 1. The molecule has 1 aliphatic carbocycles. The maximum Gasteiger partial charge on any atom is 0.288 e. The van der Waals surface area contributed by atoms with E-state index in [1.165, 1.54) is 11.8 Å². The van der Waals surface area contributed by atoms with Crippen LogP contribution in [0, 0.1) is 5.41 Å². The van der Waals surface area contributed by atoms with E-state index >= 15 is 0 Å². The number of hydrogen-bond donors (Lipinski definition) is 2.